The molecular weight excluding hydrogens is 300 g/mol. The zero-order chi connectivity index (χ0) is 17.7. The zero-order valence-electron chi connectivity index (χ0n) is 14.7. The van der Waals surface area contributed by atoms with Gasteiger partial charge in [0.05, 0.1) is 11.1 Å². The first kappa shape index (κ1) is 17.7. The summed E-state index contributed by atoms with van der Waals surface area (Å²) in [5.74, 6) is 0.594. The molecule has 0 aliphatic rings. The van der Waals surface area contributed by atoms with E-state index in [9.17, 15) is 10.1 Å². The average Bonchev–Trinajstić information content (AvgIpc) is 2.49. The third-order valence-electron chi connectivity index (χ3n) is 3.60. The van der Waals surface area contributed by atoms with Crippen molar-refractivity contribution in [3.63, 3.8) is 0 Å². The van der Waals surface area contributed by atoms with Crippen LogP contribution < -0.4 is 10.6 Å². The number of benzene rings is 1. The van der Waals surface area contributed by atoms with E-state index in [0.717, 1.165) is 16.5 Å². The lowest BCUT2D eigenvalue weighted by atomic mass is 9.92. The summed E-state index contributed by atoms with van der Waals surface area (Å²) in [5, 5.41) is 16.3. The average molecular weight is 324 g/mol. The molecule has 0 fully saturated rings. The quantitative estimate of drug-likeness (QED) is 0.827. The van der Waals surface area contributed by atoms with E-state index in [0.29, 0.717) is 30.9 Å². The van der Waals surface area contributed by atoms with Crippen LogP contribution in [0.2, 0.25) is 0 Å². The van der Waals surface area contributed by atoms with Gasteiger partial charge in [-0.25, -0.2) is 4.98 Å². The molecule has 5 nitrogen and oxygen atoms in total. The molecule has 24 heavy (non-hydrogen) atoms. The summed E-state index contributed by atoms with van der Waals surface area (Å²) in [6.45, 7) is 9.11. The van der Waals surface area contributed by atoms with E-state index >= 15 is 0 Å². The van der Waals surface area contributed by atoms with Crippen LogP contribution in [-0.4, -0.2) is 24.0 Å². The van der Waals surface area contributed by atoms with E-state index in [1.54, 1.807) is 0 Å². The largest absolute Gasteiger partial charge is 0.367 e. The summed E-state index contributed by atoms with van der Waals surface area (Å²) in [6, 6.07) is 9.92. The Labute approximate surface area is 143 Å². The van der Waals surface area contributed by atoms with E-state index in [4.69, 9.17) is 0 Å². The monoisotopic (exact) mass is 324 g/mol. The van der Waals surface area contributed by atoms with Gasteiger partial charge in [0.15, 0.2) is 0 Å². The molecule has 1 amide bonds. The Balaban J connectivity index is 2.01. The van der Waals surface area contributed by atoms with E-state index in [1.165, 1.54) is 0 Å². The molecular formula is C19H24N4O. The summed E-state index contributed by atoms with van der Waals surface area (Å²) in [7, 11) is 0. The van der Waals surface area contributed by atoms with Gasteiger partial charge in [0.2, 0.25) is 5.91 Å². The van der Waals surface area contributed by atoms with E-state index in [-0.39, 0.29) is 11.3 Å². The van der Waals surface area contributed by atoms with Crippen LogP contribution in [0.1, 0.15) is 38.3 Å². The lowest BCUT2D eigenvalue weighted by Crippen LogP contribution is -2.31. The second-order valence-electron chi connectivity index (χ2n) is 7.16. The molecule has 0 saturated heterocycles. The number of pyridine rings is 1. The summed E-state index contributed by atoms with van der Waals surface area (Å²) in [5.41, 5.74) is 2.44. The Morgan fingerprint density at radius 2 is 2.04 bits per heavy atom. The molecule has 1 aromatic carbocycles. The maximum absolute atomic E-state index is 11.8. The molecule has 2 rings (SSSR count). The molecule has 0 aliphatic heterocycles. The SMILES string of the molecule is Cc1cccc2cc(C#N)c(NCCNC(=O)CC(C)(C)C)nc12. The molecule has 0 saturated carbocycles. The number of aryl methyl sites for hydroxylation is 1. The Bertz CT molecular complexity index is 784. The predicted molar refractivity (Wildman–Crippen MR) is 96.8 cm³/mol. The fourth-order valence-corrected chi connectivity index (χ4v) is 2.49. The number of amides is 1. The highest BCUT2D eigenvalue weighted by Gasteiger charge is 2.15. The van der Waals surface area contributed by atoms with E-state index < -0.39 is 0 Å². The van der Waals surface area contributed by atoms with Crippen molar-refractivity contribution in [3.05, 3.63) is 35.4 Å². The normalized spacial score (nSPS) is 11.1. The predicted octanol–water partition coefficient (Wildman–Crippen LogP) is 3.38. The number of para-hydroxylation sites is 1. The molecule has 0 radical (unpaired) electrons. The highest BCUT2D eigenvalue weighted by atomic mass is 16.1. The molecule has 0 aliphatic carbocycles. The van der Waals surface area contributed by atoms with Crippen LogP contribution in [0.25, 0.3) is 10.9 Å². The lowest BCUT2D eigenvalue weighted by Gasteiger charge is -2.17. The lowest BCUT2D eigenvalue weighted by molar-refractivity contribution is -0.122. The Morgan fingerprint density at radius 1 is 1.29 bits per heavy atom. The van der Waals surface area contributed by atoms with Crippen molar-refractivity contribution < 1.29 is 4.79 Å². The number of aromatic nitrogens is 1. The highest BCUT2D eigenvalue weighted by Crippen LogP contribution is 2.22. The summed E-state index contributed by atoms with van der Waals surface area (Å²) >= 11 is 0. The maximum atomic E-state index is 11.8. The van der Waals surface area contributed by atoms with Gasteiger partial charge in [-0.15, -0.1) is 0 Å². The standard InChI is InChI=1S/C19H24N4O/c1-13-6-5-7-14-10-15(12-20)18(23-17(13)14)22-9-8-21-16(24)11-19(2,3)4/h5-7,10H,8-9,11H2,1-4H3,(H,21,24)(H,22,23). The van der Waals surface area contributed by atoms with Crippen LogP contribution in [0.15, 0.2) is 24.3 Å². The number of hydrogen-bond donors (Lipinski definition) is 2. The maximum Gasteiger partial charge on any atom is 0.220 e. The minimum atomic E-state index is -0.0249. The summed E-state index contributed by atoms with van der Waals surface area (Å²) < 4.78 is 0. The molecule has 126 valence electrons. The van der Waals surface area contributed by atoms with Gasteiger partial charge in [-0.3, -0.25) is 4.79 Å². The molecule has 0 bridgehead atoms. The van der Waals surface area contributed by atoms with Crippen LogP contribution in [0.4, 0.5) is 5.82 Å². The number of rotatable bonds is 5. The summed E-state index contributed by atoms with van der Waals surface area (Å²) in [4.78, 5) is 16.4. The number of carbonyl (C=O) groups is 1. The van der Waals surface area contributed by atoms with Crippen molar-refractivity contribution >= 4 is 22.6 Å². The van der Waals surface area contributed by atoms with Crippen molar-refractivity contribution in [3.8, 4) is 6.07 Å². The van der Waals surface area contributed by atoms with Crippen molar-refractivity contribution in [2.45, 2.75) is 34.1 Å². The molecule has 0 spiro atoms. The van der Waals surface area contributed by atoms with Crippen LogP contribution in [-0.2, 0) is 4.79 Å². The van der Waals surface area contributed by atoms with Crippen LogP contribution >= 0.6 is 0 Å². The van der Waals surface area contributed by atoms with Gasteiger partial charge in [0.1, 0.15) is 11.9 Å². The third kappa shape index (κ3) is 4.69. The Kier molecular flexibility index (Phi) is 5.40. The molecule has 5 heteroatoms. The second kappa shape index (κ2) is 7.31. The van der Waals surface area contributed by atoms with Crippen molar-refractivity contribution in [2.75, 3.05) is 18.4 Å². The molecule has 2 N–H and O–H groups in total. The Morgan fingerprint density at radius 3 is 2.71 bits per heavy atom. The molecule has 1 heterocycles. The number of nitriles is 1. The van der Waals surface area contributed by atoms with Gasteiger partial charge in [0.25, 0.3) is 0 Å². The fourth-order valence-electron chi connectivity index (χ4n) is 2.49. The number of anilines is 1. The first-order valence-electron chi connectivity index (χ1n) is 8.11. The van der Waals surface area contributed by atoms with Gasteiger partial charge >= 0.3 is 0 Å². The van der Waals surface area contributed by atoms with Gasteiger partial charge in [-0.1, -0.05) is 39.0 Å². The smallest absolute Gasteiger partial charge is 0.220 e. The minimum absolute atomic E-state index is 0.0249. The second-order valence-corrected chi connectivity index (χ2v) is 7.16. The number of hydrogen-bond acceptors (Lipinski definition) is 4. The van der Waals surface area contributed by atoms with E-state index in [1.807, 2.05) is 52.0 Å². The zero-order valence-corrected chi connectivity index (χ0v) is 14.7. The Hall–Kier alpha value is -2.61. The van der Waals surface area contributed by atoms with Gasteiger partial charge in [0, 0.05) is 24.9 Å². The van der Waals surface area contributed by atoms with Gasteiger partial charge in [-0.2, -0.15) is 5.26 Å². The fraction of sp³-hybridized carbons (Fsp3) is 0.421. The number of nitrogens with one attached hydrogen (secondary N) is 2. The number of carbonyl (C=O) groups excluding carboxylic acids is 1. The van der Waals surface area contributed by atoms with Gasteiger partial charge in [-0.05, 0) is 24.0 Å². The number of nitrogens with zero attached hydrogens (tertiary/aromatic N) is 2. The molecule has 2 aromatic rings. The van der Waals surface area contributed by atoms with Crippen molar-refractivity contribution in [1.82, 2.24) is 10.3 Å². The van der Waals surface area contributed by atoms with E-state index in [2.05, 4.69) is 21.7 Å². The molecule has 0 unspecified atom stereocenters. The van der Waals surface area contributed by atoms with Crippen LogP contribution in [0.3, 0.4) is 0 Å². The molecule has 1 aromatic heterocycles. The van der Waals surface area contributed by atoms with Crippen molar-refractivity contribution in [2.24, 2.45) is 5.41 Å². The summed E-state index contributed by atoms with van der Waals surface area (Å²) in [6.07, 6.45) is 0.490. The minimum Gasteiger partial charge on any atom is -0.367 e. The first-order chi connectivity index (χ1) is 11.3. The topological polar surface area (TPSA) is 77.8 Å². The van der Waals surface area contributed by atoms with Crippen molar-refractivity contribution in [1.29, 1.82) is 5.26 Å². The number of fused-ring (bicyclic) bond motifs is 1. The van der Waals surface area contributed by atoms with Crippen LogP contribution in [0, 0.1) is 23.7 Å². The highest BCUT2D eigenvalue weighted by molar-refractivity contribution is 5.85. The van der Waals surface area contributed by atoms with Crippen LogP contribution in [0.5, 0.6) is 0 Å². The third-order valence-corrected chi connectivity index (χ3v) is 3.60. The molecule has 0 atom stereocenters. The first-order valence-corrected chi connectivity index (χ1v) is 8.11. The van der Waals surface area contributed by atoms with Gasteiger partial charge < -0.3 is 10.6 Å².